The summed E-state index contributed by atoms with van der Waals surface area (Å²) in [6.45, 7) is 9.15. The minimum absolute atomic E-state index is 0.0611. The largest absolute Gasteiger partial charge is 0.369 e. The maximum atomic E-state index is 13.7. The van der Waals surface area contributed by atoms with Crippen LogP contribution in [0.15, 0.2) is 53.3 Å². The highest BCUT2D eigenvalue weighted by Crippen LogP contribution is 2.26. The summed E-state index contributed by atoms with van der Waals surface area (Å²) in [6.07, 6.45) is 5.51. The quantitative estimate of drug-likeness (QED) is 0.0853. The number of anilines is 3. The van der Waals surface area contributed by atoms with Crippen molar-refractivity contribution in [3.63, 3.8) is 0 Å². The molecule has 6 rings (SSSR count). The van der Waals surface area contributed by atoms with E-state index < -0.39 is 9.85 Å². The predicted molar refractivity (Wildman–Crippen MR) is 200 cm³/mol. The zero-order valence-electron chi connectivity index (χ0n) is 29.5. The first kappa shape index (κ1) is 36.4. The average molecular weight is 715 g/mol. The maximum Gasteiger partial charge on any atom is 0.269 e. The number of carbonyl (C=O) groups excluding carboxylic acids is 1. The van der Waals surface area contributed by atoms with E-state index in [-0.39, 0.29) is 28.8 Å². The van der Waals surface area contributed by atoms with E-state index in [1.165, 1.54) is 24.3 Å². The van der Waals surface area contributed by atoms with E-state index >= 15 is 0 Å². The smallest absolute Gasteiger partial charge is 0.269 e. The van der Waals surface area contributed by atoms with Crippen LogP contribution in [0.25, 0.3) is 11.0 Å². The van der Waals surface area contributed by atoms with Crippen LogP contribution >= 0.6 is 0 Å². The molecule has 2 aliphatic heterocycles. The van der Waals surface area contributed by atoms with E-state index in [9.17, 15) is 29.8 Å². The van der Waals surface area contributed by atoms with Gasteiger partial charge in [0.05, 0.1) is 15.2 Å². The average Bonchev–Trinajstić information content (AvgIpc) is 3.48. The molecule has 0 saturated carbocycles. The van der Waals surface area contributed by atoms with Gasteiger partial charge >= 0.3 is 0 Å². The number of benzene rings is 2. The minimum Gasteiger partial charge on any atom is -0.369 e. The molecule has 1 amide bonds. The van der Waals surface area contributed by atoms with Crippen molar-refractivity contribution < 1.29 is 14.6 Å². The second kappa shape index (κ2) is 16.8. The number of nitrogens with zero attached hydrogens (tertiary/aromatic N) is 7. The lowest BCUT2D eigenvalue weighted by Gasteiger charge is -2.37. The molecule has 2 aromatic heterocycles. The third-order valence-electron chi connectivity index (χ3n) is 9.98. The summed E-state index contributed by atoms with van der Waals surface area (Å²) in [6, 6.07) is 13.2. The van der Waals surface area contributed by atoms with Crippen LogP contribution in [0.2, 0.25) is 0 Å². The van der Waals surface area contributed by atoms with Crippen LogP contribution in [0, 0.1) is 20.2 Å². The fraction of sp³-hybridized carbons (Fsp3) is 0.472. The molecule has 0 radical (unpaired) electrons. The minimum atomic E-state index is -0.400. The third kappa shape index (κ3) is 8.92. The number of hydrogen-bond donors (Lipinski definition) is 3. The van der Waals surface area contributed by atoms with Gasteiger partial charge in [-0.1, -0.05) is 32.6 Å². The van der Waals surface area contributed by atoms with E-state index in [1.807, 2.05) is 0 Å². The Morgan fingerprint density at radius 3 is 1.79 bits per heavy atom. The van der Waals surface area contributed by atoms with Crippen molar-refractivity contribution in [1.29, 1.82) is 0 Å². The van der Waals surface area contributed by atoms with E-state index in [1.54, 1.807) is 24.3 Å². The fourth-order valence-electron chi connectivity index (χ4n) is 7.01. The zero-order valence-corrected chi connectivity index (χ0v) is 29.5. The summed E-state index contributed by atoms with van der Waals surface area (Å²) >= 11 is 0. The van der Waals surface area contributed by atoms with Gasteiger partial charge in [0, 0.05) is 119 Å². The van der Waals surface area contributed by atoms with Gasteiger partial charge in [0.2, 0.25) is 11.9 Å². The first-order valence-electron chi connectivity index (χ1n) is 18.1. The van der Waals surface area contributed by atoms with Crippen molar-refractivity contribution in [2.75, 3.05) is 67.5 Å². The lowest BCUT2D eigenvalue weighted by Crippen LogP contribution is -2.47. The number of amides is 1. The van der Waals surface area contributed by atoms with Crippen LogP contribution in [0.1, 0.15) is 56.7 Å². The summed E-state index contributed by atoms with van der Waals surface area (Å²) in [5.41, 5.74) is 3.89. The summed E-state index contributed by atoms with van der Waals surface area (Å²) in [4.78, 5) is 67.7. The monoisotopic (exact) mass is 714 g/mol. The number of non-ortho nitro benzene ring substituents is 2. The number of hydrogen-bond acceptors (Lipinski definition) is 11. The topological polar surface area (TPSA) is 190 Å². The highest BCUT2D eigenvalue weighted by Gasteiger charge is 2.26. The van der Waals surface area contributed by atoms with Crippen LogP contribution in [-0.4, -0.2) is 92.9 Å². The highest BCUT2D eigenvalue weighted by atomic mass is 16.6. The molecule has 3 N–H and O–H groups in total. The number of carbonyl (C=O) groups is 1. The molecule has 2 aliphatic rings. The molecule has 4 aromatic rings. The normalized spacial score (nSPS) is 15.6. The van der Waals surface area contributed by atoms with Gasteiger partial charge in [-0.3, -0.25) is 49.9 Å². The molecule has 2 aromatic carbocycles. The maximum absolute atomic E-state index is 13.7. The lowest BCUT2D eigenvalue weighted by atomic mass is 10.1. The van der Waals surface area contributed by atoms with E-state index in [2.05, 4.69) is 46.8 Å². The van der Waals surface area contributed by atoms with Crippen LogP contribution < -0.4 is 20.7 Å². The van der Waals surface area contributed by atoms with E-state index in [4.69, 9.17) is 0 Å². The molecule has 0 atom stereocenters. The van der Waals surface area contributed by atoms with Crippen LogP contribution in [0.3, 0.4) is 0 Å². The Morgan fingerprint density at radius 2 is 1.27 bits per heavy atom. The van der Waals surface area contributed by atoms with Gasteiger partial charge in [0.25, 0.3) is 16.9 Å². The Hall–Kier alpha value is -5.35. The molecule has 16 nitrogen and oxygen atoms in total. The standard InChI is InChI=1S/C36H46N10O6/c1-2-3-4-5-6-7-32(47)38-36-39-34-33(35(48)40-36)30(24-41-16-20-43(21-17-41)26-8-12-28(13-9-26)45(49)50)31(37-34)25-42-18-22-44(23-19-42)27-10-14-29(15-11-27)46(51)52/h8-15H,2-7,16-25H2,1H3,(H3,37,38,39,40,47,48). The van der Waals surface area contributed by atoms with Crippen LogP contribution in [0.4, 0.5) is 28.7 Å². The number of nitrogens with one attached hydrogen (secondary N) is 3. The number of aromatic amines is 2. The Balaban J connectivity index is 1.16. The third-order valence-corrected chi connectivity index (χ3v) is 9.98. The number of rotatable bonds is 15. The molecule has 0 spiro atoms. The van der Waals surface area contributed by atoms with Crippen molar-refractivity contribution in [2.45, 2.75) is 58.5 Å². The Bertz CT molecular complexity index is 1910. The molecular weight excluding hydrogens is 668 g/mol. The molecule has 2 fully saturated rings. The molecule has 0 bridgehead atoms. The van der Waals surface area contributed by atoms with Crippen molar-refractivity contribution >= 4 is 45.6 Å². The Kier molecular flexibility index (Phi) is 11.8. The SMILES string of the molecule is CCCCCCCC(=O)Nc1nc2[nH]c(CN3CCN(c4ccc([N+](=O)[O-])cc4)CC3)c(CN3CCN(c4ccc([N+](=O)[O-])cc4)CC3)c2c(=O)[nH]1. The van der Waals surface area contributed by atoms with Crippen LogP contribution in [-0.2, 0) is 17.9 Å². The second-order valence-corrected chi connectivity index (χ2v) is 13.5. The summed E-state index contributed by atoms with van der Waals surface area (Å²) in [5, 5.41) is 25.5. The number of unbranched alkanes of at least 4 members (excludes halogenated alkanes) is 4. The number of piperazine rings is 2. The molecule has 52 heavy (non-hydrogen) atoms. The van der Waals surface area contributed by atoms with Gasteiger partial charge in [0.1, 0.15) is 5.65 Å². The second-order valence-electron chi connectivity index (χ2n) is 13.5. The van der Waals surface area contributed by atoms with Crippen molar-refractivity contribution in [1.82, 2.24) is 24.8 Å². The highest BCUT2D eigenvalue weighted by molar-refractivity contribution is 5.90. The summed E-state index contributed by atoms with van der Waals surface area (Å²) < 4.78 is 0. The number of nitro groups is 2. The summed E-state index contributed by atoms with van der Waals surface area (Å²) in [5.74, 6) is -0.0494. The number of fused-ring (bicyclic) bond motifs is 1. The van der Waals surface area contributed by atoms with E-state index in [0.29, 0.717) is 30.5 Å². The zero-order chi connectivity index (χ0) is 36.6. The molecule has 2 saturated heterocycles. The van der Waals surface area contributed by atoms with Crippen LogP contribution in [0.5, 0.6) is 0 Å². The van der Waals surface area contributed by atoms with Gasteiger partial charge in [-0.15, -0.1) is 0 Å². The number of aromatic nitrogens is 3. The number of nitro benzene ring substituents is 2. The predicted octanol–water partition coefficient (Wildman–Crippen LogP) is 5.01. The van der Waals surface area contributed by atoms with Crippen molar-refractivity contribution in [3.8, 4) is 0 Å². The summed E-state index contributed by atoms with van der Waals surface area (Å²) in [7, 11) is 0. The van der Waals surface area contributed by atoms with Crippen molar-refractivity contribution in [3.05, 3.63) is 90.4 Å². The molecule has 4 heterocycles. The first-order chi connectivity index (χ1) is 25.2. The fourth-order valence-corrected chi connectivity index (χ4v) is 7.01. The molecule has 0 aliphatic carbocycles. The van der Waals surface area contributed by atoms with Gasteiger partial charge in [-0.2, -0.15) is 4.98 Å². The number of H-pyrrole nitrogens is 2. The van der Waals surface area contributed by atoms with E-state index in [0.717, 1.165) is 107 Å². The molecule has 0 unspecified atom stereocenters. The van der Waals surface area contributed by atoms with Gasteiger partial charge in [-0.05, 0) is 30.7 Å². The van der Waals surface area contributed by atoms with Gasteiger partial charge < -0.3 is 14.8 Å². The van der Waals surface area contributed by atoms with Gasteiger partial charge in [-0.25, -0.2) is 0 Å². The van der Waals surface area contributed by atoms with Crippen molar-refractivity contribution in [2.24, 2.45) is 0 Å². The van der Waals surface area contributed by atoms with Gasteiger partial charge in [0.15, 0.2) is 0 Å². The molecule has 276 valence electrons. The molecular formula is C36H46N10O6. The Morgan fingerprint density at radius 1 is 0.750 bits per heavy atom. The first-order valence-corrected chi connectivity index (χ1v) is 18.1. The lowest BCUT2D eigenvalue weighted by molar-refractivity contribution is -0.385. The Labute approximate surface area is 301 Å². The molecule has 16 heteroatoms.